The maximum atomic E-state index is 12.4. The lowest BCUT2D eigenvalue weighted by Gasteiger charge is -2.15. The van der Waals surface area contributed by atoms with Crippen LogP contribution in [0.5, 0.6) is 5.75 Å². The Kier molecular flexibility index (Phi) is 5.62. The SMILES string of the molecule is COc1ccccc1-c1nnc(SCc2ccc(C(=O)N3CCCC3)cc2)o1. The van der Waals surface area contributed by atoms with E-state index in [-0.39, 0.29) is 5.91 Å². The van der Waals surface area contributed by atoms with Gasteiger partial charge in [-0.1, -0.05) is 36.0 Å². The second kappa shape index (κ2) is 8.48. The Balaban J connectivity index is 1.38. The average molecular weight is 395 g/mol. The van der Waals surface area contributed by atoms with Crippen molar-refractivity contribution in [2.24, 2.45) is 0 Å². The van der Waals surface area contributed by atoms with Gasteiger partial charge in [0.25, 0.3) is 17.0 Å². The summed E-state index contributed by atoms with van der Waals surface area (Å²) in [5, 5.41) is 8.73. The molecule has 0 radical (unpaired) electrons. The quantitative estimate of drug-likeness (QED) is 0.581. The van der Waals surface area contributed by atoms with E-state index >= 15 is 0 Å². The van der Waals surface area contributed by atoms with E-state index in [4.69, 9.17) is 9.15 Å². The molecule has 0 spiro atoms. The fraction of sp³-hybridized carbons (Fsp3) is 0.286. The molecule has 1 saturated heterocycles. The molecule has 7 heteroatoms. The molecule has 1 fully saturated rings. The average Bonchev–Trinajstić information content (AvgIpc) is 3.44. The molecule has 0 unspecified atom stereocenters. The van der Waals surface area contributed by atoms with Gasteiger partial charge in [-0.25, -0.2) is 0 Å². The summed E-state index contributed by atoms with van der Waals surface area (Å²) in [6.07, 6.45) is 2.20. The Morgan fingerprint density at radius 3 is 2.61 bits per heavy atom. The zero-order valence-corrected chi connectivity index (χ0v) is 16.4. The molecule has 4 rings (SSSR count). The largest absolute Gasteiger partial charge is 0.496 e. The maximum Gasteiger partial charge on any atom is 0.277 e. The lowest BCUT2D eigenvalue weighted by atomic mass is 10.1. The number of likely N-dealkylation sites (tertiary alicyclic amines) is 1. The Labute approximate surface area is 167 Å². The van der Waals surface area contributed by atoms with Crippen LogP contribution in [0, 0.1) is 0 Å². The molecule has 2 aromatic carbocycles. The predicted molar refractivity (Wildman–Crippen MR) is 107 cm³/mol. The number of rotatable bonds is 6. The summed E-state index contributed by atoms with van der Waals surface area (Å²) < 4.78 is 11.1. The molecular weight excluding hydrogens is 374 g/mol. The van der Waals surface area contributed by atoms with Gasteiger partial charge in [-0.2, -0.15) is 0 Å². The molecule has 0 saturated carbocycles. The van der Waals surface area contributed by atoms with Gasteiger partial charge in [0.1, 0.15) is 5.75 Å². The smallest absolute Gasteiger partial charge is 0.277 e. The van der Waals surface area contributed by atoms with Crippen molar-refractivity contribution in [3.63, 3.8) is 0 Å². The first kappa shape index (κ1) is 18.6. The molecule has 0 atom stereocenters. The van der Waals surface area contributed by atoms with Crippen molar-refractivity contribution in [2.75, 3.05) is 20.2 Å². The van der Waals surface area contributed by atoms with Gasteiger partial charge in [0, 0.05) is 24.4 Å². The van der Waals surface area contributed by atoms with E-state index < -0.39 is 0 Å². The Bertz CT molecular complexity index is 950. The van der Waals surface area contributed by atoms with E-state index in [9.17, 15) is 4.79 Å². The van der Waals surface area contributed by atoms with Gasteiger partial charge < -0.3 is 14.1 Å². The molecule has 1 aliphatic rings. The highest BCUT2D eigenvalue weighted by atomic mass is 32.2. The Morgan fingerprint density at radius 1 is 1.11 bits per heavy atom. The number of carbonyl (C=O) groups excluding carboxylic acids is 1. The molecule has 0 bridgehead atoms. The summed E-state index contributed by atoms with van der Waals surface area (Å²) in [5.41, 5.74) is 2.61. The number of amides is 1. The van der Waals surface area contributed by atoms with Crippen LogP contribution in [-0.2, 0) is 5.75 Å². The molecular formula is C21H21N3O3S. The second-order valence-electron chi connectivity index (χ2n) is 6.56. The highest BCUT2D eigenvalue weighted by molar-refractivity contribution is 7.98. The minimum absolute atomic E-state index is 0.120. The van der Waals surface area contributed by atoms with Crippen LogP contribution in [0.4, 0.5) is 0 Å². The van der Waals surface area contributed by atoms with Crippen LogP contribution < -0.4 is 4.74 Å². The number of carbonyl (C=O) groups is 1. The molecule has 3 aromatic rings. The van der Waals surface area contributed by atoms with Gasteiger partial charge in [0.2, 0.25) is 0 Å². The van der Waals surface area contributed by atoms with Crippen molar-refractivity contribution in [1.29, 1.82) is 0 Å². The van der Waals surface area contributed by atoms with Crippen molar-refractivity contribution in [3.05, 3.63) is 59.7 Å². The predicted octanol–water partition coefficient (Wildman–Crippen LogP) is 4.27. The van der Waals surface area contributed by atoms with Gasteiger partial charge in [0.15, 0.2) is 0 Å². The van der Waals surface area contributed by atoms with Crippen molar-refractivity contribution in [3.8, 4) is 17.2 Å². The van der Waals surface area contributed by atoms with Crippen molar-refractivity contribution < 1.29 is 13.9 Å². The first-order chi connectivity index (χ1) is 13.7. The topological polar surface area (TPSA) is 68.5 Å². The van der Waals surface area contributed by atoms with Crippen molar-refractivity contribution in [2.45, 2.75) is 23.8 Å². The summed E-state index contributed by atoms with van der Waals surface area (Å²) >= 11 is 1.47. The van der Waals surface area contributed by atoms with Crippen LogP contribution >= 0.6 is 11.8 Å². The number of aromatic nitrogens is 2. The van der Waals surface area contributed by atoms with Crippen LogP contribution in [-0.4, -0.2) is 41.2 Å². The van der Waals surface area contributed by atoms with E-state index in [1.165, 1.54) is 11.8 Å². The monoisotopic (exact) mass is 395 g/mol. The highest BCUT2D eigenvalue weighted by Crippen LogP contribution is 2.31. The number of thioether (sulfide) groups is 1. The molecule has 144 valence electrons. The zero-order chi connectivity index (χ0) is 19.3. The second-order valence-corrected chi connectivity index (χ2v) is 7.48. The van der Waals surface area contributed by atoms with Gasteiger partial charge >= 0.3 is 0 Å². The van der Waals surface area contributed by atoms with Crippen LogP contribution in [0.25, 0.3) is 11.5 Å². The van der Waals surface area contributed by atoms with Crippen LogP contribution in [0.15, 0.2) is 58.2 Å². The normalized spacial score (nSPS) is 13.7. The number of para-hydroxylation sites is 1. The number of ether oxygens (including phenoxy) is 1. The zero-order valence-electron chi connectivity index (χ0n) is 15.6. The number of benzene rings is 2. The molecule has 0 N–H and O–H groups in total. The maximum absolute atomic E-state index is 12.4. The Morgan fingerprint density at radius 2 is 1.86 bits per heavy atom. The molecule has 6 nitrogen and oxygen atoms in total. The summed E-state index contributed by atoms with van der Waals surface area (Å²) in [6.45, 7) is 1.73. The third kappa shape index (κ3) is 4.04. The fourth-order valence-electron chi connectivity index (χ4n) is 3.19. The summed E-state index contributed by atoms with van der Waals surface area (Å²) in [4.78, 5) is 14.3. The lowest BCUT2D eigenvalue weighted by molar-refractivity contribution is 0.0793. The number of methoxy groups -OCH3 is 1. The van der Waals surface area contributed by atoms with E-state index in [1.807, 2.05) is 53.4 Å². The van der Waals surface area contributed by atoms with Crippen LogP contribution in [0.1, 0.15) is 28.8 Å². The third-order valence-corrected chi connectivity index (χ3v) is 5.59. The van der Waals surface area contributed by atoms with Crippen LogP contribution in [0.2, 0.25) is 0 Å². The highest BCUT2D eigenvalue weighted by Gasteiger charge is 2.19. The minimum Gasteiger partial charge on any atom is -0.496 e. The van der Waals surface area contributed by atoms with Crippen molar-refractivity contribution >= 4 is 17.7 Å². The number of nitrogens with zero attached hydrogens (tertiary/aromatic N) is 3. The van der Waals surface area contributed by atoms with Gasteiger partial charge in [-0.05, 0) is 42.7 Å². The summed E-state index contributed by atoms with van der Waals surface area (Å²) in [5.74, 6) is 1.94. The molecule has 0 aliphatic carbocycles. The minimum atomic E-state index is 0.120. The van der Waals surface area contributed by atoms with E-state index in [1.54, 1.807) is 7.11 Å². The van der Waals surface area contributed by atoms with Gasteiger partial charge in [-0.3, -0.25) is 4.79 Å². The van der Waals surface area contributed by atoms with Gasteiger partial charge in [-0.15, -0.1) is 10.2 Å². The molecule has 1 aromatic heterocycles. The summed E-state index contributed by atoms with van der Waals surface area (Å²) in [7, 11) is 1.61. The standard InChI is InChI=1S/C21H21N3O3S/c1-26-18-7-3-2-6-17(18)19-22-23-21(27-19)28-14-15-8-10-16(11-9-15)20(25)24-12-4-5-13-24/h2-3,6-11H,4-5,12-14H2,1H3. The number of hydrogen-bond acceptors (Lipinski definition) is 6. The van der Waals surface area contributed by atoms with E-state index in [2.05, 4.69) is 10.2 Å². The van der Waals surface area contributed by atoms with Crippen LogP contribution in [0.3, 0.4) is 0 Å². The number of hydrogen-bond donors (Lipinski definition) is 0. The molecule has 1 aliphatic heterocycles. The molecule has 28 heavy (non-hydrogen) atoms. The molecule has 1 amide bonds. The first-order valence-corrected chi connectivity index (χ1v) is 10.2. The van der Waals surface area contributed by atoms with E-state index in [0.717, 1.165) is 42.6 Å². The lowest BCUT2D eigenvalue weighted by Crippen LogP contribution is -2.27. The van der Waals surface area contributed by atoms with Gasteiger partial charge in [0.05, 0.1) is 12.7 Å². The third-order valence-electron chi connectivity index (χ3n) is 4.70. The molecule has 2 heterocycles. The summed E-state index contributed by atoms with van der Waals surface area (Å²) in [6, 6.07) is 15.3. The van der Waals surface area contributed by atoms with Crippen molar-refractivity contribution in [1.82, 2.24) is 15.1 Å². The van der Waals surface area contributed by atoms with E-state index in [0.29, 0.717) is 22.6 Å². The fourth-order valence-corrected chi connectivity index (χ4v) is 3.91. The Hall–Kier alpha value is -2.80. The first-order valence-electron chi connectivity index (χ1n) is 9.22.